The molecule has 10 nitrogen and oxygen atoms in total. The second-order valence-electron chi connectivity index (χ2n) is 11.1. The molecule has 0 spiro atoms. The summed E-state index contributed by atoms with van der Waals surface area (Å²) in [6.45, 7) is 6.55. The van der Waals surface area contributed by atoms with Gasteiger partial charge in [0.1, 0.15) is 5.69 Å². The Hall–Kier alpha value is -3.59. The van der Waals surface area contributed by atoms with Gasteiger partial charge in [-0.25, -0.2) is 21.8 Å². The van der Waals surface area contributed by atoms with Gasteiger partial charge >= 0.3 is 6.18 Å². The van der Waals surface area contributed by atoms with Crippen LogP contribution in [0.2, 0.25) is 0 Å². The fourth-order valence-corrected chi connectivity index (χ4v) is 7.62. The quantitative estimate of drug-likeness (QED) is 0.291. The highest BCUT2D eigenvalue weighted by Gasteiger charge is 2.46. The molecule has 43 heavy (non-hydrogen) atoms. The number of carbonyl (C=O) groups excluding carboxylic acids is 3. The van der Waals surface area contributed by atoms with E-state index in [1.807, 2.05) is 0 Å². The van der Waals surface area contributed by atoms with Crippen LogP contribution in [0.1, 0.15) is 62.4 Å². The van der Waals surface area contributed by atoms with E-state index >= 15 is 0 Å². The van der Waals surface area contributed by atoms with E-state index in [-0.39, 0.29) is 37.1 Å². The number of halogens is 3. The van der Waals surface area contributed by atoms with Crippen LogP contribution < -0.4 is 10.0 Å². The van der Waals surface area contributed by atoms with E-state index in [9.17, 15) is 44.4 Å². The van der Waals surface area contributed by atoms with Gasteiger partial charge in [-0.2, -0.15) is 13.2 Å². The second-order valence-corrected chi connectivity index (χ2v) is 14.9. The van der Waals surface area contributed by atoms with Crippen molar-refractivity contribution in [2.45, 2.75) is 70.0 Å². The molecule has 1 aromatic carbocycles. The summed E-state index contributed by atoms with van der Waals surface area (Å²) in [5, 5.41) is -0.0141. The molecule has 1 saturated carbocycles. The first-order valence-electron chi connectivity index (χ1n) is 13.2. The number of ketones is 2. The minimum Gasteiger partial charge on any atom is -0.348 e. The number of anilines is 1. The summed E-state index contributed by atoms with van der Waals surface area (Å²) in [4.78, 5) is 40.7. The molecule has 0 saturated heterocycles. The molecule has 1 aliphatic carbocycles. The van der Waals surface area contributed by atoms with E-state index in [2.05, 4.69) is 15.0 Å². The first-order valence-corrected chi connectivity index (χ1v) is 16.4. The van der Waals surface area contributed by atoms with Crippen molar-refractivity contribution in [2.75, 3.05) is 10.5 Å². The van der Waals surface area contributed by atoms with Gasteiger partial charge < -0.3 is 5.32 Å². The number of Topliss-reactive ketones (excluding diaryl/α,β-unsaturated/α-hetero) is 2. The number of hydrogen-bond acceptors (Lipinski definition) is 8. The Morgan fingerprint density at radius 3 is 2.26 bits per heavy atom. The standard InChI is InChI=1S/C28H32F3N3O7S2/c1-5-12-42(38,39)26-19(7-10-23(33-26)28(29,30)31)8-11-24(37)32-16-18-6-9-20(17(2)13-18)34-43(40,41)25-21(35)14-27(3,4)15-22(25)36/h6-11,13,25,34H,5,12,14-16H2,1-4H3,(H,32,37). The molecule has 0 unspecified atom stereocenters. The number of alkyl halides is 3. The fraction of sp³-hybridized carbons (Fsp3) is 0.429. The van der Waals surface area contributed by atoms with Crippen LogP contribution in [0.25, 0.3) is 6.08 Å². The maximum Gasteiger partial charge on any atom is 0.433 e. The van der Waals surface area contributed by atoms with E-state index in [0.717, 1.165) is 18.2 Å². The second kappa shape index (κ2) is 12.6. The number of nitrogens with one attached hydrogen (secondary N) is 2. The normalized spacial score (nSPS) is 16.4. The lowest BCUT2D eigenvalue weighted by atomic mass is 9.76. The first-order chi connectivity index (χ1) is 19.8. The van der Waals surface area contributed by atoms with Crippen LogP contribution in [0.15, 0.2) is 41.4 Å². The summed E-state index contributed by atoms with van der Waals surface area (Å²) < 4.78 is 92.6. The van der Waals surface area contributed by atoms with Gasteiger partial charge in [-0.1, -0.05) is 32.9 Å². The Labute approximate surface area is 248 Å². The average molecular weight is 644 g/mol. The highest BCUT2D eigenvalue weighted by atomic mass is 32.2. The number of sulfonamides is 1. The molecule has 3 rings (SSSR count). The topological polar surface area (TPSA) is 156 Å². The SMILES string of the molecule is CCCS(=O)(=O)c1nc(C(F)(F)F)ccc1C=CC(=O)NCc1ccc(NS(=O)(=O)C2C(=O)CC(C)(C)CC2=O)c(C)c1. The molecule has 0 atom stereocenters. The molecule has 1 aromatic heterocycles. The molecule has 0 aliphatic heterocycles. The number of hydrogen-bond donors (Lipinski definition) is 2. The van der Waals surface area contributed by atoms with Gasteiger partial charge in [-0.05, 0) is 54.2 Å². The van der Waals surface area contributed by atoms with Crippen LogP contribution in [0.4, 0.5) is 18.9 Å². The number of aromatic nitrogens is 1. The van der Waals surface area contributed by atoms with E-state index in [1.165, 1.54) is 12.1 Å². The Morgan fingerprint density at radius 1 is 1.07 bits per heavy atom. The van der Waals surface area contributed by atoms with Gasteiger partial charge in [0.15, 0.2) is 31.7 Å². The van der Waals surface area contributed by atoms with Crippen LogP contribution in [-0.2, 0) is 47.0 Å². The summed E-state index contributed by atoms with van der Waals surface area (Å²) in [6, 6.07) is 6.07. The van der Waals surface area contributed by atoms with Crippen LogP contribution in [0.5, 0.6) is 0 Å². The number of nitrogens with zero attached hydrogens (tertiary/aromatic N) is 1. The number of benzene rings is 1. The molecule has 0 bridgehead atoms. The summed E-state index contributed by atoms with van der Waals surface area (Å²) in [5.41, 5.74) is -1.01. The maximum atomic E-state index is 13.1. The first kappa shape index (κ1) is 33.9. The van der Waals surface area contributed by atoms with Crippen molar-refractivity contribution in [2.24, 2.45) is 5.41 Å². The van der Waals surface area contributed by atoms with Gasteiger partial charge in [0, 0.05) is 31.0 Å². The molecule has 1 fully saturated rings. The number of amides is 1. The lowest BCUT2D eigenvalue weighted by Crippen LogP contribution is -2.48. The van der Waals surface area contributed by atoms with Crippen LogP contribution in [0.3, 0.4) is 0 Å². The van der Waals surface area contributed by atoms with Crippen molar-refractivity contribution in [1.82, 2.24) is 10.3 Å². The number of carbonyl (C=O) groups is 3. The van der Waals surface area contributed by atoms with E-state index in [1.54, 1.807) is 33.8 Å². The number of rotatable bonds is 10. The molecular formula is C28H32F3N3O7S2. The van der Waals surface area contributed by atoms with Crippen molar-refractivity contribution in [1.29, 1.82) is 0 Å². The van der Waals surface area contributed by atoms with Gasteiger partial charge in [0.25, 0.3) is 0 Å². The van der Waals surface area contributed by atoms with Crippen LogP contribution in [0, 0.1) is 12.3 Å². The van der Waals surface area contributed by atoms with Crippen molar-refractivity contribution in [3.8, 4) is 0 Å². The number of aryl methyl sites for hydroxylation is 1. The molecular weight excluding hydrogens is 611 g/mol. The highest BCUT2D eigenvalue weighted by Crippen LogP contribution is 2.34. The molecule has 1 aliphatic rings. The van der Waals surface area contributed by atoms with Crippen LogP contribution >= 0.6 is 0 Å². The van der Waals surface area contributed by atoms with Gasteiger partial charge in [-0.3, -0.25) is 19.1 Å². The summed E-state index contributed by atoms with van der Waals surface area (Å²) >= 11 is 0. The molecule has 2 aromatic rings. The third kappa shape index (κ3) is 8.50. The number of sulfone groups is 1. The molecule has 0 radical (unpaired) electrons. The van der Waals surface area contributed by atoms with Gasteiger partial charge in [0.2, 0.25) is 15.9 Å². The van der Waals surface area contributed by atoms with Crippen molar-refractivity contribution >= 4 is 49.1 Å². The lowest BCUT2D eigenvalue weighted by Gasteiger charge is -2.31. The zero-order valence-corrected chi connectivity index (χ0v) is 25.5. The third-order valence-electron chi connectivity index (χ3n) is 6.57. The smallest absolute Gasteiger partial charge is 0.348 e. The number of pyridine rings is 1. The third-order valence-corrected chi connectivity index (χ3v) is 10.1. The fourth-order valence-electron chi connectivity index (χ4n) is 4.64. The van der Waals surface area contributed by atoms with Gasteiger partial charge in [0.05, 0.1) is 11.4 Å². The molecule has 1 heterocycles. The van der Waals surface area contributed by atoms with E-state index < -0.39 is 70.6 Å². The molecule has 2 N–H and O–H groups in total. The largest absolute Gasteiger partial charge is 0.433 e. The van der Waals surface area contributed by atoms with Crippen molar-refractivity contribution < 1.29 is 44.4 Å². The van der Waals surface area contributed by atoms with Crippen LogP contribution in [-0.4, -0.2) is 50.3 Å². The monoisotopic (exact) mass is 643 g/mol. The van der Waals surface area contributed by atoms with E-state index in [4.69, 9.17) is 0 Å². The Balaban J connectivity index is 1.71. The minimum atomic E-state index is -4.86. The van der Waals surface area contributed by atoms with E-state index in [0.29, 0.717) is 17.2 Å². The maximum absolute atomic E-state index is 13.1. The zero-order valence-electron chi connectivity index (χ0n) is 23.9. The summed E-state index contributed by atoms with van der Waals surface area (Å²) in [7, 11) is -8.49. The van der Waals surface area contributed by atoms with Crippen molar-refractivity contribution in [3.63, 3.8) is 0 Å². The van der Waals surface area contributed by atoms with Gasteiger partial charge in [-0.15, -0.1) is 0 Å². The predicted molar refractivity (Wildman–Crippen MR) is 153 cm³/mol. The Morgan fingerprint density at radius 2 is 1.70 bits per heavy atom. The molecule has 15 heteroatoms. The average Bonchev–Trinajstić information content (AvgIpc) is 2.85. The Kier molecular flexibility index (Phi) is 9.91. The van der Waals surface area contributed by atoms with Crippen molar-refractivity contribution in [3.05, 3.63) is 58.8 Å². The lowest BCUT2D eigenvalue weighted by molar-refractivity contribution is -0.141. The minimum absolute atomic E-state index is 0.0298. The highest BCUT2D eigenvalue weighted by molar-refractivity contribution is 7.94. The Bertz CT molecular complexity index is 1660. The zero-order chi connectivity index (χ0) is 32.4. The summed E-state index contributed by atoms with van der Waals surface area (Å²) in [6.07, 6.45) is -2.76. The summed E-state index contributed by atoms with van der Waals surface area (Å²) in [5.74, 6) is -2.44. The molecule has 1 amide bonds. The molecule has 234 valence electrons. The predicted octanol–water partition coefficient (Wildman–Crippen LogP) is 3.99.